The highest BCUT2D eigenvalue weighted by atomic mass is 32.2. The van der Waals surface area contributed by atoms with E-state index in [4.69, 9.17) is 0 Å². The molecule has 0 bridgehead atoms. The van der Waals surface area contributed by atoms with E-state index in [1.54, 1.807) is 24.5 Å². The molecule has 1 heterocycles. The summed E-state index contributed by atoms with van der Waals surface area (Å²) in [5.41, 5.74) is 1.04. The summed E-state index contributed by atoms with van der Waals surface area (Å²) in [4.78, 5) is 27.3. The van der Waals surface area contributed by atoms with Crippen molar-refractivity contribution >= 4 is 27.3 Å². The Morgan fingerprint density at radius 2 is 1.56 bits per heavy atom. The third kappa shape index (κ3) is 6.68. The number of aromatic nitrogens is 1. The van der Waals surface area contributed by atoms with Gasteiger partial charge in [-0.2, -0.15) is 0 Å². The molecule has 25 heavy (non-hydrogen) atoms. The van der Waals surface area contributed by atoms with Crippen LogP contribution in [0.3, 0.4) is 0 Å². The van der Waals surface area contributed by atoms with Crippen LogP contribution >= 0.6 is 0 Å². The number of nitrogens with one attached hydrogen (secondary N) is 2. The lowest BCUT2D eigenvalue weighted by molar-refractivity contribution is -0.118. The average molecular weight is 365 g/mol. The predicted molar refractivity (Wildman–Crippen MR) is 89.8 cm³/mol. The number of hydrogen-bond acceptors (Lipinski definition) is 5. The van der Waals surface area contributed by atoms with Crippen molar-refractivity contribution in [2.75, 3.05) is 16.8 Å². The van der Waals surface area contributed by atoms with Gasteiger partial charge >= 0.3 is 0 Å². The van der Waals surface area contributed by atoms with Gasteiger partial charge in [0.25, 0.3) is 0 Å². The highest BCUT2D eigenvalue weighted by molar-refractivity contribution is 7.92. The zero-order valence-electron chi connectivity index (χ0n) is 13.1. The van der Waals surface area contributed by atoms with Crippen LogP contribution in [0.5, 0.6) is 0 Å². The minimum atomic E-state index is -3.92. The number of carbonyl (C=O) groups excluding carboxylic acids is 2. The van der Waals surface area contributed by atoms with E-state index in [1.165, 1.54) is 12.1 Å². The summed E-state index contributed by atoms with van der Waals surface area (Å²) >= 11 is 0. The van der Waals surface area contributed by atoms with Gasteiger partial charge in [0, 0.05) is 24.6 Å². The molecule has 2 N–H and O–H groups in total. The Morgan fingerprint density at radius 3 is 2.20 bits per heavy atom. The highest BCUT2D eigenvalue weighted by Gasteiger charge is 2.20. The van der Waals surface area contributed by atoms with Crippen LogP contribution in [0.4, 0.5) is 10.1 Å². The van der Waals surface area contributed by atoms with Gasteiger partial charge in [-0.25, -0.2) is 12.8 Å². The van der Waals surface area contributed by atoms with Crippen molar-refractivity contribution in [3.8, 4) is 0 Å². The SMILES string of the molecule is O=C(CS(=O)(=O)CC(=O)Nc1ccc(F)cc1)NCc1ccncc1. The lowest BCUT2D eigenvalue weighted by Crippen LogP contribution is -2.33. The zero-order chi connectivity index (χ0) is 18.3. The molecule has 9 heteroatoms. The number of rotatable bonds is 7. The second-order valence-electron chi connectivity index (χ2n) is 5.22. The predicted octanol–water partition coefficient (Wildman–Crippen LogP) is 0.890. The maximum absolute atomic E-state index is 12.8. The van der Waals surface area contributed by atoms with Gasteiger partial charge in [0.15, 0.2) is 9.84 Å². The molecular weight excluding hydrogens is 349 g/mol. The first-order chi connectivity index (χ1) is 11.8. The molecule has 0 spiro atoms. The lowest BCUT2D eigenvalue weighted by atomic mass is 10.3. The number of amides is 2. The largest absolute Gasteiger partial charge is 0.351 e. The number of halogens is 1. The average Bonchev–Trinajstić information content (AvgIpc) is 2.55. The van der Waals surface area contributed by atoms with Crippen LogP contribution in [0.1, 0.15) is 5.56 Å². The molecule has 0 aliphatic rings. The Hall–Kier alpha value is -2.81. The van der Waals surface area contributed by atoms with Crippen molar-refractivity contribution in [1.29, 1.82) is 0 Å². The molecule has 1 aromatic carbocycles. The number of nitrogens with zero attached hydrogens (tertiary/aromatic N) is 1. The Bertz CT molecular complexity index is 839. The fourth-order valence-electron chi connectivity index (χ4n) is 1.93. The number of sulfone groups is 1. The molecule has 0 atom stereocenters. The molecule has 0 radical (unpaired) electrons. The van der Waals surface area contributed by atoms with Crippen LogP contribution in [0.15, 0.2) is 48.8 Å². The van der Waals surface area contributed by atoms with Gasteiger partial charge in [-0.1, -0.05) is 0 Å². The molecule has 7 nitrogen and oxygen atoms in total. The summed E-state index contributed by atoms with van der Waals surface area (Å²) in [6.45, 7) is 0.165. The first kappa shape index (κ1) is 18.5. The van der Waals surface area contributed by atoms with E-state index >= 15 is 0 Å². The van der Waals surface area contributed by atoms with Gasteiger partial charge in [-0.05, 0) is 42.0 Å². The van der Waals surface area contributed by atoms with Crippen LogP contribution < -0.4 is 10.6 Å². The van der Waals surface area contributed by atoms with Crippen molar-refractivity contribution in [2.24, 2.45) is 0 Å². The van der Waals surface area contributed by atoms with E-state index < -0.39 is 39.0 Å². The van der Waals surface area contributed by atoms with E-state index in [9.17, 15) is 22.4 Å². The van der Waals surface area contributed by atoms with Crippen molar-refractivity contribution in [3.05, 3.63) is 60.2 Å². The first-order valence-electron chi connectivity index (χ1n) is 7.25. The Balaban J connectivity index is 1.82. The van der Waals surface area contributed by atoms with Crippen LogP contribution in [-0.2, 0) is 26.0 Å². The van der Waals surface area contributed by atoms with Gasteiger partial charge in [0.1, 0.15) is 17.3 Å². The van der Waals surface area contributed by atoms with E-state index in [0.29, 0.717) is 0 Å². The normalized spacial score (nSPS) is 10.9. The van der Waals surface area contributed by atoms with Crippen molar-refractivity contribution in [2.45, 2.75) is 6.54 Å². The topological polar surface area (TPSA) is 105 Å². The molecule has 0 aliphatic carbocycles. The van der Waals surface area contributed by atoms with E-state index in [0.717, 1.165) is 17.7 Å². The zero-order valence-corrected chi connectivity index (χ0v) is 13.9. The molecule has 0 fully saturated rings. The van der Waals surface area contributed by atoms with E-state index in [1.807, 2.05) is 0 Å². The highest BCUT2D eigenvalue weighted by Crippen LogP contribution is 2.08. The Kier molecular flexibility index (Phi) is 6.18. The monoisotopic (exact) mass is 365 g/mol. The second-order valence-corrected chi connectivity index (χ2v) is 7.28. The fourth-order valence-corrected chi connectivity index (χ4v) is 3.01. The van der Waals surface area contributed by atoms with Crippen molar-refractivity contribution in [3.63, 3.8) is 0 Å². The quantitative estimate of drug-likeness (QED) is 0.758. The number of benzene rings is 1. The molecular formula is C16H16FN3O4S. The summed E-state index contributed by atoms with van der Waals surface area (Å²) in [6.07, 6.45) is 3.11. The second kappa shape index (κ2) is 8.34. The first-order valence-corrected chi connectivity index (χ1v) is 9.08. The molecule has 2 aromatic rings. The van der Waals surface area contributed by atoms with Crippen molar-refractivity contribution in [1.82, 2.24) is 10.3 Å². The number of pyridine rings is 1. The third-order valence-corrected chi connectivity index (χ3v) is 4.47. The minimum Gasteiger partial charge on any atom is -0.351 e. The molecule has 0 aliphatic heterocycles. The van der Waals surface area contributed by atoms with E-state index in [2.05, 4.69) is 15.6 Å². The molecule has 2 rings (SSSR count). The summed E-state index contributed by atoms with van der Waals surface area (Å²) in [7, 11) is -3.92. The number of carbonyl (C=O) groups is 2. The standard InChI is InChI=1S/C16H16FN3O4S/c17-13-1-3-14(4-2-13)20-16(22)11-25(23,24)10-15(21)19-9-12-5-7-18-8-6-12/h1-8H,9-11H2,(H,19,21)(H,20,22). The third-order valence-electron chi connectivity index (χ3n) is 3.07. The lowest BCUT2D eigenvalue weighted by Gasteiger charge is -2.07. The van der Waals surface area contributed by atoms with Gasteiger partial charge in [-0.15, -0.1) is 0 Å². The smallest absolute Gasteiger partial charge is 0.239 e. The van der Waals surface area contributed by atoms with Gasteiger partial charge < -0.3 is 10.6 Å². The molecule has 0 saturated carbocycles. The van der Waals surface area contributed by atoms with Gasteiger partial charge in [0.2, 0.25) is 11.8 Å². The molecule has 2 amide bonds. The maximum Gasteiger partial charge on any atom is 0.239 e. The van der Waals surface area contributed by atoms with Gasteiger partial charge in [0.05, 0.1) is 0 Å². The number of hydrogen-bond donors (Lipinski definition) is 2. The summed E-state index contributed by atoms with van der Waals surface area (Å²) in [5, 5.41) is 4.80. The Morgan fingerprint density at radius 1 is 0.960 bits per heavy atom. The van der Waals surface area contributed by atoms with Crippen LogP contribution in [0.25, 0.3) is 0 Å². The van der Waals surface area contributed by atoms with Crippen molar-refractivity contribution < 1.29 is 22.4 Å². The Labute approximate surface area is 144 Å². The minimum absolute atomic E-state index is 0.165. The van der Waals surface area contributed by atoms with Crippen LogP contribution in [0.2, 0.25) is 0 Å². The molecule has 0 unspecified atom stereocenters. The summed E-state index contributed by atoms with van der Waals surface area (Å²) in [6, 6.07) is 8.26. The number of anilines is 1. The maximum atomic E-state index is 12.8. The molecule has 1 aromatic heterocycles. The summed E-state index contributed by atoms with van der Waals surface area (Å²) < 4.78 is 36.6. The van der Waals surface area contributed by atoms with Crippen LogP contribution in [0, 0.1) is 5.82 Å². The fraction of sp³-hybridized carbons (Fsp3) is 0.188. The summed E-state index contributed by atoms with van der Waals surface area (Å²) in [5.74, 6) is -3.61. The van der Waals surface area contributed by atoms with E-state index in [-0.39, 0.29) is 12.2 Å². The van der Waals surface area contributed by atoms with Crippen LogP contribution in [-0.4, -0.2) is 36.7 Å². The van der Waals surface area contributed by atoms with Gasteiger partial charge in [-0.3, -0.25) is 14.6 Å². The molecule has 132 valence electrons. The molecule has 0 saturated heterocycles.